The largest absolute Gasteiger partial charge is 0.339 e. The third-order valence-electron chi connectivity index (χ3n) is 7.21. The summed E-state index contributed by atoms with van der Waals surface area (Å²) in [6.07, 6.45) is 15.2. The van der Waals surface area contributed by atoms with Crippen LogP contribution < -0.4 is 5.73 Å². The lowest BCUT2D eigenvalue weighted by Crippen LogP contribution is -2.52. The van der Waals surface area contributed by atoms with Crippen LogP contribution in [0.4, 0.5) is 0 Å². The summed E-state index contributed by atoms with van der Waals surface area (Å²) in [7, 11) is 0. The molecule has 2 bridgehead atoms. The second-order valence-electron chi connectivity index (χ2n) is 8.92. The Kier molecular flexibility index (Phi) is 6.13. The van der Waals surface area contributed by atoms with Crippen LogP contribution in [-0.2, 0) is 4.79 Å². The Morgan fingerprint density at radius 1 is 0.875 bits per heavy atom. The van der Waals surface area contributed by atoms with Gasteiger partial charge < -0.3 is 10.6 Å². The minimum atomic E-state index is 0. The molecule has 2 unspecified atom stereocenters. The van der Waals surface area contributed by atoms with Gasteiger partial charge in [0, 0.05) is 24.5 Å². The van der Waals surface area contributed by atoms with Gasteiger partial charge in [0.1, 0.15) is 0 Å². The van der Waals surface area contributed by atoms with Crippen molar-refractivity contribution in [3.8, 4) is 0 Å². The Hall–Kier alpha value is -0.280. The SMILES string of the molecule is Cl.NC1C2CCCC1CC(C(=O)N(CC1CC1)C1CCCCC1)C2. The normalized spacial score (nSPS) is 36.7. The first kappa shape index (κ1) is 18.5. The monoisotopic (exact) mass is 354 g/mol. The van der Waals surface area contributed by atoms with E-state index in [1.165, 1.54) is 64.2 Å². The molecule has 0 spiro atoms. The summed E-state index contributed by atoms with van der Waals surface area (Å²) >= 11 is 0. The van der Waals surface area contributed by atoms with Gasteiger partial charge in [-0.25, -0.2) is 0 Å². The Balaban J connectivity index is 0.00000169. The average Bonchev–Trinajstić information content (AvgIpc) is 3.37. The Labute approximate surface area is 153 Å². The first-order chi connectivity index (χ1) is 11.2. The van der Waals surface area contributed by atoms with Gasteiger partial charge in [0.25, 0.3) is 0 Å². The second kappa shape index (κ2) is 7.95. The lowest BCUT2D eigenvalue weighted by atomic mass is 9.64. The maximum absolute atomic E-state index is 13.4. The summed E-state index contributed by atoms with van der Waals surface area (Å²) < 4.78 is 0. The zero-order chi connectivity index (χ0) is 15.8. The third kappa shape index (κ3) is 3.93. The minimum absolute atomic E-state index is 0. The summed E-state index contributed by atoms with van der Waals surface area (Å²) in [5, 5.41) is 0. The van der Waals surface area contributed by atoms with Gasteiger partial charge in [0.2, 0.25) is 5.91 Å². The highest BCUT2D eigenvalue weighted by Gasteiger charge is 2.43. The molecular weight excluding hydrogens is 320 g/mol. The number of hydrogen-bond acceptors (Lipinski definition) is 2. The summed E-state index contributed by atoms with van der Waals surface area (Å²) in [5.74, 6) is 2.83. The van der Waals surface area contributed by atoms with Crippen LogP contribution in [0.2, 0.25) is 0 Å². The van der Waals surface area contributed by atoms with Crippen LogP contribution in [0, 0.1) is 23.7 Å². The number of carbonyl (C=O) groups excluding carboxylic acids is 1. The molecular formula is C20H35ClN2O. The van der Waals surface area contributed by atoms with E-state index in [9.17, 15) is 4.79 Å². The molecule has 4 saturated carbocycles. The maximum atomic E-state index is 13.4. The zero-order valence-electron chi connectivity index (χ0n) is 15.0. The smallest absolute Gasteiger partial charge is 0.225 e. The minimum Gasteiger partial charge on any atom is -0.339 e. The van der Waals surface area contributed by atoms with Crippen LogP contribution in [0.1, 0.15) is 77.0 Å². The van der Waals surface area contributed by atoms with Gasteiger partial charge >= 0.3 is 0 Å². The van der Waals surface area contributed by atoms with Crippen molar-refractivity contribution in [1.29, 1.82) is 0 Å². The van der Waals surface area contributed by atoms with E-state index >= 15 is 0 Å². The highest BCUT2D eigenvalue weighted by Crippen LogP contribution is 2.43. The second-order valence-corrected chi connectivity index (χ2v) is 8.92. The van der Waals surface area contributed by atoms with Crippen LogP contribution in [0.25, 0.3) is 0 Å². The first-order valence-corrected chi connectivity index (χ1v) is 10.3. The van der Waals surface area contributed by atoms with Crippen molar-refractivity contribution in [1.82, 2.24) is 4.90 Å². The van der Waals surface area contributed by atoms with Crippen LogP contribution in [0.3, 0.4) is 0 Å². The Morgan fingerprint density at radius 3 is 2.08 bits per heavy atom. The van der Waals surface area contributed by atoms with Crippen LogP contribution in [0.5, 0.6) is 0 Å². The quantitative estimate of drug-likeness (QED) is 0.824. The molecule has 0 aliphatic heterocycles. The van der Waals surface area contributed by atoms with E-state index in [1.54, 1.807) is 0 Å². The van der Waals surface area contributed by atoms with Crippen LogP contribution in [-0.4, -0.2) is 29.4 Å². The van der Waals surface area contributed by atoms with Gasteiger partial charge in [0.05, 0.1) is 0 Å². The van der Waals surface area contributed by atoms with Gasteiger partial charge in [-0.3, -0.25) is 4.79 Å². The van der Waals surface area contributed by atoms with Gasteiger partial charge in [-0.2, -0.15) is 0 Å². The van der Waals surface area contributed by atoms with Gasteiger partial charge in [-0.05, 0) is 69.1 Å². The molecule has 0 aromatic carbocycles. The highest BCUT2D eigenvalue weighted by molar-refractivity contribution is 5.85. The van der Waals surface area contributed by atoms with Gasteiger partial charge in [0.15, 0.2) is 0 Å². The van der Waals surface area contributed by atoms with Crippen molar-refractivity contribution in [3.63, 3.8) is 0 Å². The topological polar surface area (TPSA) is 46.3 Å². The molecule has 138 valence electrons. The third-order valence-corrected chi connectivity index (χ3v) is 7.21. The molecule has 4 aliphatic rings. The van der Waals surface area contributed by atoms with Gasteiger partial charge in [-0.15, -0.1) is 12.4 Å². The van der Waals surface area contributed by atoms with Crippen molar-refractivity contribution >= 4 is 18.3 Å². The molecule has 4 aliphatic carbocycles. The van der Waals surface area contributed by atoms with Crippen molar-refractivity contribution in [2.75, 3.05) is 6.54 Å². The predicted octanol–water partition coefficient (Wildman–Crippen LogP) is 4.13. The number of halogens is 1. The van der Waals surface area contributed by atoms with Crippen molar-refractivity contribution in [3.05, 3.63) is 0 Å². The number of amides is 1. The standard InChI is InChI=1S/C20H34N2O.ClH/c21-19-15-5-4-6-16(19)12-17(11-15)20(23)22(13-14-9-10-14)18-7-2-1-3-8-18;/h14-19H,1-13,21H2;1H. The van der Waals surface area contributed by atoms with Gasteiger partial charge in [-0.1, -0.05) is 25.7 Å². The Morgan fingerprint density at radius 2 is 1.50 bits per heavy atom. The summed E-state index contributed by atoms with van der Waals surface area (Å²) in [5.41, 5.74) is 6.43. The number of hydrogen-bond donors (Lipinski definition) is 1. The fraction of sp³-hybridized carbons (Fsp3) is 0.950. The molecule has 0 aromatic rings. The van der Waals surface area contributed by atoms with E-state index in [0.717, 1.165) is 25.3 Å². The number of nitrogens with two attached hydrogens (primary N) is 1. The number of nitrogens with zero attached hydrogens (tertiary/aromatic N) is 1. The lowest BCUT2D eigenvalue weighted by Gasteiger charge is -2.45. The van der Waals surface area contributed by atoms with E-state index in [1.807, 2.05) is 0 Å². The van der Waals surface area contributed by atoms with Crippen molar-refractivity contribution in [2.45, 2.75) is 89.1 Å². The Bertz CT molecular complexity index is 419. The molecule has 0 saturated heterocycles. The summed E-state index contributed by atoms with van der Waals surface area (Å²) in [6.45, 7) is 1.06. The fourth-order valence-corrected chi connectivity index (χ4v) is 5.62. The van der Waals surface area contributed by atoms with E-state index in [4.69, 9.17) is 5.73 Å². The highest BCUT2D eigenvalue weighted by atomic mass is 35.5. The fourth-order valence-electron chi connectivity index (χ4n) is 5.62. The molecule has 0 radical (unpaired) electrons. The molecule has 2 atom stereocenters. The summed E-state index contributed by atoms with van der Waals surface area (Å²) in [4.78, 5) is 15.7. The molecule has 3 nitrogen and oxygen atoms in total. The predicted molar refractivity (Wildman–Crippen MR) is 100 cm³/mol. The van der Waals surface area contributed by atoms with E-state index < -0.39 is 0 Å². The number of fused-ring (bicyclic) bond motifs is 2. The molecule has 0 aromatic heterocycles. The zero-order valence-corrected chi connectivity index (χ0v) is 15.8. The number of carbonyl (C=O) groups is 1. The van der Waals surface area contributed by atoms with Crippen LogP contribution >= 0.6 is 12.4 Å². The van der Waals surface area contributed by atoms with Crippen molar-refractivity contribution < 1.29 is 4.79 Å². The van der Waals surface area contributed by atoms with Crippen LogP contribution in [0.15, 0.2) is 0 Å². The maximum Gasteiger partial charge on any atom is 0.225 e. The lowest BCUT2D eigenvalue weighted by molar-refractivity contribution is -0.142. The van der Waals surface area contributed by atoms with E-state index in [-0.39, 0.29) is 18.3 Å². The molecule has 0 heterocycles. The molecule has 2 N–H and O–H groups in total. The number of rotatable bonds is 4. The molecule has 1 amide bonds. The first-order valence-electron chi connectivity index (χ1n) is 10.3. The molecule has 4 rings (SSSR count). The molecule has 4 fully saturated rings. The van der Waals surface area contributed by atoms with E-state index in [2.05, 4.69) is 4.90 Å². The molecule has 24 heavy (non-hydrogen) atoms. The molecule has 4 heteroatoms. The van der Waals surface area contributed by atoms with E-state index in [0.29, 0.717) is 29.8 Å². The van der Waals surface area contributed by atoms with Crippen molar-refractivity contribution in [2.24, 2.45) is 29.4 Å². The average molecular weight is 355 g/mol. The summed E-state index contributed by atoms with van der Waals surface area (Å²) in [6, 6.07) is 0.923.